The molecule has 0 heterocycles. The smallest absolute Gasteiger partial charge is 0.0277 e. The molecule has 1 unspecified atom stereocenters. The minimum absolute atomic E-state index is 0.0502. The van der Waals surface area contributed by atoms with Crippen LogP contribution in [-0.2, 0) is 5.75 Å². The lowest BCUT2D eigenvalue weighted by Crippen LogP contribution is -2.06. The summed E-state index contributed by atoms with van der Waals surface area (Å²) in [6, 6.07) is 13.1. The fraction of sp³-hybridized carbons (Fsp3) is 0.294. The number of benzene rings is 2. The van der Waals surface area contributed by atoms with E-state index in [1.54, 1.807) is 0 Å². The molecule has 106 valence electrons. The summed E-state index contributed by atoms with van der Waals surface area (Å²) < 4.78 is 1.08. The molecule has 0 saturated carbocycles. The molecular formula is C17H20BrNS. The number of nitrogens with two attached hydrogens (primary N) is 1. The average Bonchev–Trinajstić information content (AvgIpc) is 2.36. The SMILES string of the molecule is Cc1cc(C)cc(CSc2ccc(Br)cc2C(C)N)c1. The maximum atomic E-state index is 6.07. The number of hydrogen-bond acceptors (Lipinski definition) is 2. The normalized spacial score (nSPS) is 12.4. The second-order valence-electron chi connectivity index (χ2n) is 5.26. The Hall–Kier alpha value is -0.770. The highest BCUT2D eigenvalue weighted by Gasteiger charge is 2.08. The highest BCUT2D eigenvalue weighted by molar-refractivity contribution is 9.10. The van der Waals surface area contributed by atoms with Gasteiger partial charge in [-0.25, -0.2) is 0 Å². The minimum atomic E-state index is 0.0502. The summed E-state index contributed by atoms with van der Waals surface area (Å²) in [5.41, 5.74) is 11.3. The molecule has 0 aliphatic rings. The van der Waals surface area contributed by atoms with E-state index in [-0.39, 0.29) is 6.04 Å². The van der Waals surface area contributed by atoms with Crippen molar-refractivity contribution in [3.8, 4) is 0 Å². The van der Waals surface area contributed by atoms with E-state index in [4.69, 9.17) is 5.73 Å². The summed E-state index contributed by atoms with van der Waals surface area (Å²) in [5.74, 6) is 0.976. The van der Waals surface area contributed by atoms with Crippen LogP contribution in [0.5, 0.6) is 0 Å². The molecule has 2 rings (SSSR count). The van der Waals surface area contributed by atoms with Gasteiger partial charge in [0.05, 0.1) is 0 Å². The number of halogens is 1. The van der Waals surface area contributed by atoms with Crippen LogP contribution in [0.2, 0.25) is 0 Å². The Morgan fingerprint density at radius 3 is 2.35 bits per heavy atom. The number of thioether (sulfide) groups is 1. The molecule has 0 saturated heterocycles. The average molecular weight is 350 g/mol. The quantitative estimate of drug-likeness (QED) is 0.750. The van der Waals surface area contributed by atoms with Crippen LogP contribution in [0, 0.1) is 13.8 Å². The van der Waals surface area contributed by atoms with Gasteiger partial charge >= 0.3 is 0 Å². The number of aryl methyl sites for hydroxylation is 2. The monoisotopic (exact) mass is 349 g/mol. The van der Waals surface area contributed by atoms with Crippen LogP contribution >= 0.6 is 27.7 Å². The predicted molar refractivity (Wildman–Crippen MR) is 92.2 cm³/mol. The molecule has 20 heavy (non-hydrogen) atoms. The molecule has 0 spiro atoms. The summed E-state index contributed by atoms with van der Waals surface area (Å²) in [5, 5.41) is 0. The van der Waals surface area contributed by atoms with Crippen molar-refractivity contribution in [2.45, 2.75) is 37.5 Å². The van der Waals surface area contributed by atoms with Gasteiger partial charge in [0.25, 0.3) is 0 Å². The Kier molecular flexibility index (Phi) is 5.30. The molecule has 0 radical (unpaired) electrons. The lowest BCUT2D eigenvalue weighted by Gasteiger charge is -2.13. The van der Waals surface area contributed by atoms with E-state index in [2.05, 4.69) is 66.2 Å². The zero-order valence-corrected chi connectivity index (χ0v) is 14.5. The Morgan fingerprint density at radius 2 is 1.75 bits per heavy atom. The van der Waals surface area contributed by atoms with Crippen molar-refractivity contribution in [2.75, 3.05) is 0 Å². The van der Waals surface area contributed by atoms with Crippen molar-refractivity contribution in [1.82, 2.24) is 0 Å². The van der Waals surface area contributed by atoms with Crippen molar-refractivity contribution in [3.05, 3.63) is 63.1 Å². The lowest BCUT2D eigenvalue weighted by molar-refractivity contribution is 0.796. The van der Waals surface area contributed by atoms with Crippen LogP contribution in [0.25, 0.3) is 0 Å². The fourth-order valence-corrected chi connectivity index (χ4v) is 3.76. The van der Waals surface area contributed by atoms with Gasteiger partial charge in [0.15, 0.2) is 0 Å². The second-order valence-corrected chi connectivity index (χ2v) is 7.19. The highest BCUT2D eigenvalue weighted by Crippen LogP contribution is 2.31. The van der Waals surface area contributed by atoms with Crippen molar-refractivity contribution < 1.29 is 0 Å². The van der Waals surface area contributed by atoms with E-state index >= 15 is 0 Å². The molecule has 2 aromatic carbocycles. The van der Waals surface area contributed by atoms with Crippen LogP contribution < -0.4 is 5.73 Å². The lowest BCUT2D eigenvalue weighted by atomic mass is 10.1. The molecular weight excluding hydrogens is 330 g/mol. The van der Waals surface area contributed by atoms with Gasteiger partial charge in [-0.2, -0.15) is 0 Å². The van der Waals surface area contributed by atoms with Crippen LogP contribution in [0.3, 0.4) is 0 Å². The molecule has 0 aliphatic heterocycles. The highest BCUT2D eigenvalue weighted by atomic mass is 79.9. The van der Waals surface area contributed by atoms with Crippen LogP contribution in [0.15, 0.2) is 45.8 Å². The van der Waals surface area contributed by atoms with Crippen LogP contribution in [-0.4, -0.2) is 0 Å². The van der Waals surface area contributed by atoms with Crippen molar-refractivity contribution >= 4 is 27.7 Å². The van der Waals surface area contributed by atoms with Gasteiger partial charge in [0.1, 0.15) is 0 Å². The standard InChI is InChI=1S/C17H20BrNS/c1-11-6-12(2)8-14(7-11)10-20-17-5-4-15(18)9-16(17)13(3)19/h4-9,13H,10,19H2,1-3H3. The van der Waals surface area contributed by atoms with E-state index in [0.29, 0.717) is 0 Å². The van der Waals surface area contributed by atoms with Gasteiger partial charge in [0, 0.05) is 21.2 Å². The van der Waals surface area contributed by atoms with Crippen molar-refractivity contribution in [2.24, 2.45) is 5.73 Å². The van der Waals surface area contributed by atoms with Gasteiger partial charge in [-0.3, -0.25) is 0 Å². The zero-order valence-electron chi connectivity index (χ0n) is 12.1. The number of rotatable bonds is 4. The maximum Gasteiger partial charge on any atom is 0.0277 e. The van der Waals surface area contributed by atoms with Gasteiger partial charge in [-0.1, -0.05) is 45.3 Å². The molecule has 0 amide bonds. The summed E-state index contributed by atoms with van der Waals surface area (Å²) in [7, 11) is 0. The molecule has 1 nitrogen and oxygen atoms in total. The minimum Gasteiger partial charge on any atom is -0.324 e. The van der Waals surface area contributed by atoms with Gasteiger partial charge < -0.3 is 5.73 Å². The third-order valence-corrected chi connectivity index (χ3v) is 4.79. The topological polar surface area (TPSA) is 26.0 Å². The Labute approximate surface area is 134 Å². The second kappa shape index (κ2) is 6.79. The van der Waals surface area contributed by atoms with E-state index in [0.717, 1.165) is 10.2 Å². The summed E-state index contributed by atoms with van der Waals surface area (Å²) >= 11 is 5.37. The van der Waals surface area contributed by atoms with Gasteiger partial charge in [-0.05, 0) is 50.1 Å². The molecule has 0 aliphatic carbocycles. The Morgan fingerprint density at radius 1 is 1.10 bits per heavy atom. The van der Waals surface area contributed by atoms with Crippen molar-refractivity contribution in [3.63, 3.8) is 0 Å². The third-order valence-electron chi connectivity index (χ3n) is 3.14. The first-order valence-corrected chi connectivity index (χ1v) is 8.48. The molecule has 2 aromatic rings. The number of hydrogen-bond donors (Lipinski definition) is 1. The predicted octanol–water partition coefficient (Wildman–Crippen LogP) is 5.38. The fourth-order valence-electron chi connectivity index (χ4n) is 2.32. The van der Waals surface area contributed by atoms with E-state index in [9.17, 15) is 0 Å². The van der Waals surface area contributed by atoms with Gasteiger partial charge in [0.2, 0.25) is 0 Å². The maximum absolute atomic E-state index is 6.07. The largest absolute Gasteiger partial charge is 0.324 e. The van der Waals surface area contributed by atoms with E-state index in [1.165, 1.54) is 27.1 Å². The van der Waals surface area contributed by atoms with Crippen molar-refractivity contribution in [1.29, 1.82) is 0 Å². The Balaban J connectivity index is 2.18. The first kappa shape index (κ1) is 15.6. The van der Waals surface area contributed by atoms with Crippen LogP contribution in [0.1, 0.15) is 35.2 Å². The van der Waals surface area contributed by atoms with E-state index < -0.39 is 0 Å². The molecule has 3 heteroatoms. The third kappa shape index (κ3) is 4.11. The summed E-state index contributed by atoms with van der Waals surface area (Å²) in [4.78, 5) is 1.27. The first-order chi connectivity index (χ1) is 9.45. The first-order valence-electron chi connectivity index (χ1n) is 6.70. The molecule has 0 bridgehead atoms. The Bertz CT molecular complexity index is 588. The van der Waals surface area contributed by atoms with Gasteiger partial charge in [-0.15, -0.1) is 11.8 Å². The molecule has 1 atom stereocenters. The summed E-state index contributed by atoms with van der Waals surface area (Å²) in [6.45, 7) is 6.32. The molecule has 2 N–H and O–H groups in total. The molecule has 0 aromatic heterocycles. The zero-order chi connectivity index (χ0) is 14.7. The molecule has 0 fully saturated rings. The van der Waals surface area contributed by atoms with Crippen LogP contribution in [0.4, 0.5) is 0 Å². The van der Waals surface area contributed by atoms with E-state index in [1.807, 2.05) is 18.7 Å². The summed E-state index contributed by atoms with van der Waals surface area (Å²) in [6.07, 6.45) is 0.